The Bertz CT molecular complexity index is 515. The zero-order chi connectivity index (χ0) is 14.3. The molecule has 0 saturated heterocycles. The van der Waals surface area contributed by atoms with Gasteiger partial charge in [0.15, 0.2) is 5.69 Å². The summed E-state index contributed by atoms with van der Waals surface area (Å²) in [4.78, 5) is 16.2. The minimum Gasteiger partial charge on any atom is -0.505 e. The summed E-state index contributed by atoms with van der Waals surface area (Å²) in [6.07, 6.45) is 5.08. The first kappa shape index (κ1) is 13.4. The van der Waals surface area contributed by atoms with E-state index in [2.05, 4.69) is 24.1 Å². The molecule has 2 N–H and O–H groups in total. The summed E-state index contributed by atoms with van der Waals surface area (Å²) >= 11 is 0. The van der Waals surface area contributed by atoms with Crippen LogP contribution in [0, 0.1) is 23.7 Å². The molecule has 2 aliphatic carbocycles. The first-order valence-corrected chi connectivity index (χ1v) is 7.56. The number of fused-ring (bicyclic) bond motifs is 2. The number of rotatable bonds is 3. The highest BCUT2D eigenvalue weighted by Crippen LogP contribution is 2.53. The van der Waals surface area contributed by atoms with Gasteiger partial charge in [-0.1, -0.05) is 20.3 Å². The third kappa shape index (κ3) is 2.07. The number of nitrogens with zero attached hydrogens (tertiary/aromatic N) is 1. The number of carbonyl (C=O) groups is 1. The quantitative estimate of drug-likeness (QED) is 0.890. The first-order valence-electron chi connectivity index (χ1n) is 7.56. The maximum absolute atomic E-state index is 12.2. The van der Waals surface area contributed by atoms with Gasteiger partial charge in [0.1, 0.15) is 5.75 Å². The van der Waals surface area contributed by atoms with Crippen LogP contribution in [0.4, 0.5) is 0 Å². The van der Waals surface area contributed by atoms with Crippen LogP contribution in [0.3, 0.4) is 0 Å². The molecule has 1 heterocycles. The normalized spacial score (nSPS) is 35.2. The van der Waals surface area contributed by atoms with Crippen LogP contribution < -0.4 is 5.32 Å². The Morgan fingerprint density at radius 2 is 2.30 bits per heavy atom. The number of hydrogen-bond acceptors (Lipinski definition) is 3. The molecule has 20 heavy (non-hydrogen) atoms. The van der Waals surface area contributed by atoms with E-state index < -0.39 is 0 Å². The second-order valence-electron chi connectivity index (χ2n) is 6.28. The average Bonchev–Trinajstić information content (AvgIpc) is 2.96. The van der Waals surface area contributed by atoms with Crippen molar-refractivity contribution < 1.29 is 9.90 Å². The van der Waals surface area contributed by atoms with Crippen molar-refractivity contribution in [1.29, 1.82) is 0 Å². The monoisotopic (exact) mass is 274 g/mol. The molecule has 4 nitrogen and oxygen atoms in total. The minimum absolute atomic E-state index is 0.0485. The van der Waals surface area contributed by atoms with E-state index in [0.717, 1.165) is 18.3 Å². The van der Waals surface area contributed by atoms with Crippen LogP contribution in [0.2, 0.25) is 0 Å². The van der Waals surface area contributed by atoms with E-state index in [-0.39, 0.29) is 23.4 Å². The Morgan fingerprint density at radius 3 is 2.95 bits per heavy atom. The van der Waals surface area contributed by atoms with Crippen LogP contribution >= 0.6 is 0 Å². The van der Waals surface area contributed by atoms with Crippen LogP contribution in [-0.4, -0.2) is 22.0 Å². The average molecular weight is 274 g/mol. The highest BCUT2D eigenvalue weighted by molar-refractivity contribution is 5.94. The lowest BCUT2D eigenvalue weighted by Gasteiger charge is -2.33. The zero-order valence-corrected chi connectivity index (χ0v) is 12.0. The van der Waals surface area contributed by atoms with Gasteiger partial charge in [-0.3, -0.25) is 4.79 Å². The summed E-state index contributed by atoms with van der Waals surface area (Å²) in [5.41, 5.74) is 0.134. The number of carbonyl (C=O) groups excluding carboxylic acids is 1. The fourth-order valence-corrected chi connectivity index (χ4v) is 4.47. The number of pyridine rings is 1. The lowest BCUT2D eigenvalue weighted by molar-refractivity contribution is 0.0888. The van der Waals surface area contributed by atoms with Gasteiger partial charge in [0.05, 0.1) is 0 Å². The van der Waals surface area contributed by atoms with Gasteiger partial charge in [-0.15, -0.1) is 0 Å². The van der Waals surface area contributed by atoms with Crippen LogP contribution in [0.15, 0.2) is 18.3 Å². The van der Waals surface area contributed by atoms with Gasteiger partial charge in [-0.25, -0.2) is 4.98 Å². The third-order valence-corrected chi connectivity index (χ3v) is 5.39. The standard InChI is InChI=1S/C16H22N2O2/c1-3-11-9(2)12-7-10(11)8-13(12)18-16(20)15-14(19)5-4-6-17-15/h4-6,9-13,19H,3,7-8H2,1-2H3,(H,18,20)/t9?,10?,11-,12?,13-/m0/s1. The highest BCUT2D eigenvalue weighted by Gasteiger charge is 2.50. The summed E-state index contributed by atoms with van der Waals surface area (Å²) in [6, 6.07) is 3.36. The molecule has 1 aromatic rings. The number of amides is 1. The number of aromatic nitrogens is 1. The Balaban J connectivity index is 1.69. The highest BCUT2D eigenvalue weighted by atomic mass is 16.3. The second kappa shape index (κ2) is 5.08. The first-order chi connectivity index (χ1) is 9.61. The molecule has 2 aliphatic rings. The summed E-state index contributed by atoms with van der Waals surface area (Å²) < 4.78 is 0. The van der Waals surface area contributed by atoms with Crippen molar-refractivity contribution >= 4 is 5.91 Å². The molecule has 0 aromatic carbocycles. The zero-order valence-electron chi connectivity index (χ0n) is 12.0. The van der Waals surface area contributed by atoms with Crippen LogP contribution in [0.25, 0.3) is 0 Å². The number of aromatic hydroxyl groups is 1. The summed E-state index contributed by atoms with van der Waals surface area (Å²) in [5, 5.41) is 12.8. The van der Waals surface area contributed by atoms with Gasteiger partial charge in [-0.05, 0) is 48.6 Å². The smallest absolute Gasteiger partial charge is 0.273 e. The molecule has 1 aromatic heterocycles. The van der Waals surface area contributed by atoms with Crippen LogP contribution in [-0.2, 0) is 0 Å². The van der Waals surface area contributed by atoms with E-state index in [1.54, 1.807) is 6.07 Å². The summed E-state index contributed by atoms with van der Waals surface area (Å²) in [6.45, 7) is 4.58. The van der Waals surface area contributed by atoms with E-state index in [9.17, 15) is 9.90 Å². The third-order valence-electron chi connectivity index (χ3n) is 5.39. The maximum atomic E-state index is 12.2. The predicted molar refractivity (Wildman–Crippen MR) is 76.3 cm³/mol. The van der Waals surface area contributed by atoms with Crippen molar-refractivity contribution in [1.82, 2.24) is 10.3 Å². The van der Waals surface area contributed by atoms with E-state index in [1.165, 1.54) is 25.1 Å². The Morgan fingerprint density at radius 1 is 1.50 bits per heavy atom. The molecule has 3 unspecified atom stereocenters. The van der Waals surface area contributed by atoms with Crippen molar-refractivity contribution in [2.45, 2.75) is 39.2 Å². The van der Waals surface area contributed by atoms with Crippen molar-refractivity contribution in [2.24, 2.45) is 23.7 Å². The van der Waals surface area contributed by atoms with E-state index in [1.807, 2.05) is 0 Å². The molecule has 4 heteroatoms. The van der Waals surface area contributed by atoms with Crippen molar-refractivity contribution in [3.05, 3.63) is 24.0 Å². The molecule has 2 bridgehead atoms. The predicted octanol–water partition coefficient (Wildman–Crippen LogP) is 2.59. The molecule has 1 amide bonds. The SMILES string of the molecule is CC[C@@H]1C2CC(C1C)[C@@H](NC(=O)c1ncccc1O)C2. The Hall–Kier alpha value is -1.58. The van der Waals surface area contributed by atoms with Gasteiger partial charge in [0.25, 0.3) is 5.91 Å². The van der Waals surface area contributed by atoms with Crippen LogP contribution in [0.5, 0.6) is 5.75 Å². The topological polar surface area (TPSA) is 62.2 Å². The van der Waals surface area contributed by atoms with Crippen molar-refractivity contribution in [2.75, 3.05) is 0 Å². The van der Waals surface area contributed by atoms with Gasteiger partial charge < -0.3 is 10.4 Å². The molecular weight excluding hydrogens is 252 g/mol. The van der Waals surface area contributed by atoms with E-state index >= 15 is 0 Å². The Kier molecular flexibility index (Phi) is 3.40. The fraction of sp³-hybridized carbons (Fsp3) is 0.625. The number of nitrogens with one attached hydrogen (secondary N) is 1. The molecule has 0 aliphatic heterocycles. The Labute approximate surface area is 119 Å². The molecular formula is C16H22N2O2. The lowest BCUT2D eigenvalue weighted by atomic mass is 9.76. The molecule has 2 saturated carbocycles. The number of hydrogen-bond donors (Lipinski definition) is 2. The van der Waals surface area contributed by atoms with E-state index in [0.29, 0.717) is 11.8 Å². The van der Waals surface area contributed by atoms with Gasteiger partial charge >= 0.3 is 0 Å². The van der Waals surface area contributed by atoms with Gasteiger partial charge in [-0.2, -0.15) is 0 Å². The minimum atomic E-state index is -0.249. The molecule has 5 atom stereocenters. The summed E-state index contributed by atoms with van der Waals surface area (Å²) in [5.74, 6) is 2.54. The lowest BCUT2D eigenvalue weighted by Crippen LogP contribution is -2.43. The molecule has 0 spiro atoms. The second-order valence-corrected chi connectivity index (χ2v) is 6.28. The fourth-order valence-electron chi connectivity index (χ4n) is 4.47. The van der Waals surface area contributed by atoms with E-state index in [4.69, 9.17) is 0 Å². The largest absolute Gasteiger partial charge is 0.505 e. The van der Waals surface area contributed by atoms with Gasteiger partial charge in [0.2, 0.25) is 0 Å². The summed E-state index contributed by atoms with van der Waals surface area (Å²) in [7, 11) is 0. The van der Waals surface area contributed by atoms with Crippen molar-refractivity contribution in [3.8, 4) is 5.75 Å². The molecule has 108 valence electrons. The maximum Gasteiger partial charge on any atom is 0.273 e. The van der Waals surface area contributed by atoms with Crippen molar-refractivity contribution in [3.63, 3.8) is 0 Å². The molecule has 0 radical (unpaired) electrons. The molecule has 3 rings (SSSR count). The van der Waals surface area contributed by atoms with Gasteiger partial charge in [0, 0.05) is 12.2 Å². The van der Waals surface area contributed by atoms with Crippen LogP contribution in [0.1, 0.15) is 43.6 Å². The molecule has 2 fully saturated rings.